The molecule has 3 atom stereocenters. The van der Waals surface area contributed by atoms with Crippen LogP contribution in [0.3, 0.4) is 0 Å². The number of nitrogens with zero attached hydrogens (tertiary/aromatic N) is 6. The Morgan fingerprint density at radius 1 is 1.16 bits per heavy atom. The Morgan fingerprint density at radius 2 is 2.00 bits per heavy atom. The van der Waals surface area contributed by atoms with Gasteiger partial charge in [-0.1, -0.05) is 6.07 Å². The molecule has 0 radical (unpaired) electrons. The minimum Gasteiger partial charge on any atom is -0.489 e. The van der Waals surface area contributed by atoms with E-state index in [0.29, 0.717) is 34.7 Å². The number of ether oxygens (including phenoxy) is 1. The molecule has 1 saturated carbocycles. The van der Waals surface area contributed by atoms with Crippen molar-refractivity contribution in [2.75, 3.05) is 29.9 Å². The van der Waals surface area contributed by atoms with Gasteiger partial charge in [-0.3, -0.25) is 0 Å². The Labute approximate surface area is 215 Å². The molecule has 1 aliphatic carbocycles. The maximum absolute atomic E-state index is 10.1. The maximum Gasteiger partial charge on any atom is 0.138 e. The zero-order valence-electron chi connectivity index (χ0n) is 20.9. The fourth-order valence-electron chi connectivity index (χ4n) is 5.40. The van der Waals surface area contributed by atoms with E-state index in [2.05, 4.69) is 26.4 Å². The summed E-state index contributed by atoms with van der Waals surface area (Å²) in [6, 6.07) is 14.6. The van der Waals surface area contributed by atoms with Crippen molar-refractivity contribution in [3.05, 3.63) is 66.7 Å². The van der Waals surface area contributed by atoms with Gasteiger partial charge in [0.1, 0.15) is 30.1 Å². The highest BCUT2D eigenvalue weighted by Gasteiger charge is 2.47. The summed E-state index contributed by atoms with van der Waals surface area (Å²) < 4.78 is 7.49. The average Bonchev–Trinajstić information content (AvgIpc) is 3.33. The van der Waals surface area contributed by atoms with Crippen LogP contribution in [0, 0.1) is 23.2 Å². The molecule has 0 amide bonds. The quantitative estimate of drug-likeness (QED) is 0.399. The summed E-state index contributed by atoms with van der Waals surface area (Å²) in [5, 5.41) is 27.7. The van der Waals surface area contributed by atoms with Crippen LogP contribution in [-0.4, -0.2) is 56.0 Å². The number of anilines is 2. The predicted octanol–water partition coefficient (Wildman–Crippen LogP) is 3.75. The minimum atomic E-state index is -0.971. The lowest BCUT2D eigenvalue weighted by molar-refractivity contribution is 0.0283. The van der Waals surface area contributed by atoms with Crippen molar-refractivity contribution in [1.29, 1.82) is 5.26 Å². The molecule has 4 aromatic rings. The number of pyridine rings is 3. The van der Waals surface area contributed by atoms with Crippen LogP contribution in [0.25, 0.3) is 16.6 Å². The number of aliphatic hydroxyl groups is 1. The maximum atomic E-state index is 10.1. The number of nitrogens with one attached hydrogen (secondary N) is 1. The predicted molar refractivity (Wildman–Crippen MR) is 140 cm³/mol. The van der Waals surface area contributed by atoms with Crippen molar-refractivity contribution in [2.24, 2.45) is 11.8 Å². The van der Waals surface area contributed by atoms with Crippen LogP contribution < -0.4 is 15.0 Å². The molecule has 7 rings (SSSR count). The van der Waals surface area contributed by atoms with Gasteiger partial charge in [-0.15, -0.1) is 0 Å². The van der Waals surface area contributed by atoms with Crippen molar-refractivity contribution in [3.8, 4) is 22.9 Å². The van der Waals surface area contributed by atoms with Crippen LogP contribution in [-0.2, 0) is 0 Å². The van der Waals surface area contributed by atoms with E-state index < -0.39 is 5.60 Å². The Kier molecular flexibility index (Phi) is 5.69. The Hall–Kier alpha value is -4.16. The summed E-state index contributed by atoms with van der Waals surface area (Å²) in [6.07, 6.45) is 8.18. The molecular weight excluding hydrogens is 466 g/mol. The molecule has 9 heteroatoms. The van der Waals surface area contributed by atoms with E-state index in [9.17, 15) is 10.4 Å². The van der Waals surface area contributed by atoms with Gasteiger partial charge < -0.3 is 20.1 Å². The van der Waals surface area contributed by atoms with Gasteiger partial charge in [-0.25, -0.2) is 14.5 Å². The molecule has 1 unspecified atom stereocenters. The highest BCUT2D eigenvalue weighted by atomic mass is 16.5. The van der Waals surface area contributed by atoms with Crippen LogP contribution in [0.4, 0.5) is 11.6 Å². The first-order valence-corrected chi connectivity index (χ1v) is 12.5. The lowest BCUT2D eigenvalue weighted by atomic mass is 9.66. The summed E-state index contributed by atoms with van der Waals surface area (Å²) in [5.41, 5.74) is 1.89. The molecule has 3 fully saturated rings. The second-order valence-corrected chi connectivity index (χ2v) is 10.6. The van der Waals surface area contributed by atoms with Gasteiger partial charge in [0.25, 0.3) is 0 Å². The van der Waals surface area contributed by atoms with E-state index in [0.717, 1.165) is 35.9 Å². The Balaban J connectivity index is 1.22. The molecule has 188 valence electrons. The van der Waals surface area contributed by atoms with E-state index >= 15 is 0 Å². The summed E-state index contributed by atoms with van der Waals surface area (Å²) >= 11 is 0. The van der Waals surface area contributed by atoms with Crippen molar-refractivity contribution >= 4 is 17.2 Å². The number of hydrogen-bond acceptors (Lipinski definition) is 8. The zero-order valence-corrected chi connectivity index (χ0v) is 20.9. The number of hydrogen-bond donors (Lipinski definition) is 2. The number of aromatic nitrogens is 4. The van der Waals surface area contributed by atoms with E-state index in [1.807, 2.05) is 48.8 Å². The van der Waals surface area contributed by atoms with E-state index in [4.69, 9.17) is 9.72 Å². The van der Waals surface area contributed by atoms with Crippen LogP contribution in [0.1, 0.15) is 25.8 Å². The molecule has 2 aliphatic heterocycles. The van der Waals surface area contributed by atoms with Crippen LogP contribution >= 0.6 is 0 Å². The van der Waals surface area contributed by atoms with Gasteiger partial charge in [-0.05, 0) is 62.4 Å². The van der Waals surface area contributed by atoms with Crippen molar-refractivity contribution in [2.45, 2.75) is 31.9 Å². The van der Waals surface area contributed by atoms with Crippen molar-refractivity contribution in [3.63, 3.8) is 0 Å². The van der Waals surface area contributed by atoms with Gasteiger partial charge in [-0.2, -0.15) is 10.4 Å². The molecule has 6 heterocycles. The van der Waals surface area contributed by atoms with Crippen LogP contribution in [0.15, 0.2) is 61.2 Å². The highest BCUT2D eigenvalue weighted by Crippen LogP contribution is 2.43. The first kappa shape index (κ1) is 23.3. The molecule has 3 aliphatic rings. The molecule has 37 heavy (non-hydrogen) atoms. The van der Waals surface area contributed by atoms with Crippen LogP contribution in [0.5, 0.6) is 5.75 Å². The summed E-state index contributed by atoms with van der Waals surface area (Å²) in [4.78, 5) is 11.6. The molecule has 2 N–H and O–H groups in total. The van der Waals surface area contributed by atoms with Gasteiger partial charge >= 0.3 is 0 Å². The zero-order chi connectivity index (χ0) is 25.6. The molecule has 0 spiro atoms. The summed E-state index contributed by atoms with van der Waals surface area (Å²) in [5.74, 6) is 3.58. The lowest BCUT2D eigenvalue weighted by Gasteiger charge is -2.54. The third-order valence-corrected chi connectivity index (χ3v) is 7.19. The molecule has 9 nitrogen and oxygen atoms in total. The SMILES string of the molecule is CC(C)(O)COc1cc(-c2ccc(N3C[C@H]4C[C@@H](C3)C4Nc3ccccn3)nc2)c2c(C#N)cnn2c1. The van der Waals surface area contributed by atoms with E-state index in [-0.39, 0.29) is 6.61 Å². The van der Waals surface area contributed by atoms with E-state index in [1.54, 1.807) is 30.8 Å². The fraction of sp³-hybridized carbons (Fsp3) is 0.357. The molecule has 4 aromatic heterocycles. The van der Waals surface area contributed by atoms with E-state index in [1.165, 1.54) is 6.42 Å². The topological polar surface area (TPSA) is 112 Å². The first-order valence-electron chi connectivity index (χ1n) is 12.5. The van der Waals surface area contributed by atoms with Crippen molar-refractivity contribution < 1.29 is 9.84 Å². The number of piperidine rings is 2. The van der Waals surface area contributed by atoms with Crippen LogP contribution in [0.2, 0.25) is 0 Å². The average molecular weight is 496 g/mol. The normalized spacial score (nSPS) is 20.8. The first-order chi connectivity index (χ1) is 17.9. The largest absolute Gasteiger partial charge is 0.489 e. The third kappa shape index (κ3) is 4.56. The third-order valence-electron chi connectivity index (χ3n) is 7.19. The van der Waals surface area contributed by atoms with Gasteiger partial charge in [0.15, 0.2) is 0 Å². The molecule has 2 saturated heterocycles. The summed E-state index contributed by atoms with van der Waals surface area (Å²) in [7, 11) is 0. The lowest BCUT2D eigenvalue weighted by Crippen LogP contribution is -2.61. The smallest absolute Gasteiger partial charge is 0.138 e. The standard InChI is InChI=1S/C28H29N7O2/c1-28(2,36)17-37-22-10-23(27-21(11-29)13-32-35(27)16-22)18-6-7-25(31-12-18)34-14-19-9-20(15-34)26(19)33-24-5-3-4-8-30-24/h3-8,10,12-13,16,19-20,26,36H,9,14-15,17H2,1-2H3,(H,30,33)/t19-,20+,26?. The van der Waals surface area contributed by atoms with Gasteiger partial charge in [0.2, 0.25) is 0 Å². The number of rotatable bonds is 7. The number of fused-ring (bicyclic) bond motifs is 3. The minimum absolute atomic E-state index is 0.134. The van der Waals surface area contributed by atoms with Gasteiger partial charge in [0, 0.05) is 42.7 Å². The van der Waals surface area contributed by atoms with Crippen molar-refractivity contribution in [1.82, 2.24) is 19.6 Å². The molecule has 0 aromatic carbocycles. The van der Waals surface area contributed by atoms with Gasteiger partial charge in [0.05, 0.1) is 29.1 Å². The molecular formula is C28H29N7O2. The Morgan fingerprint density at radius 3 is 2.68 bits per heavy atom. The highest BCUT2D eigenvalue weighted by molar-refractivity contribution is 5.85. The fourth-order valence-corrected chi connectivity index (χ4v) is 5.40. The summed E-state index contributed by atoms with van der Waals surface area (Å²) in [6.45, 7) is 5.43. The number of nitriles is 1. The second kappa shape index (κ2) is 9.05. The monoisotopic (exact) mass is 495 g/mol. The molecule has 2 bridgehead atoms. The second-order valence-electron chi connectivity index (χ2n) is 10.6. The Bertz CT molecular complexity index is 1440.